The first-order valence-electron chi connectivity index (χ1n) is 5.91. The molecule has 17 heavy (non-hydrogen) atoms. The highest BCUT2D eigenvalue weighted by Crippen LogP contribution is 2.17. The average Bonchev–Trinajstić information content (AvgIpc) is 2.79. The molecule has 1 aromatic rings. The van der Waals surface area contributed by atoms with E-state index in [-0.39, 0.29) is 17.8 Å². The van der Waals surface area contributed by atoms with Crippen molar-refractivity contribution in [1.82, 2.24) is 0 Å². The number of rotatable bonds is 4. The van der Waals surface area contributed by atoms with Crippen LogP contribution in [0.1, 0.15) is 25.7 Å². The molecule has 1 amide bonds. The minimum Gasteiger partial charge on any atom is -0.378 e. The number of benzene rings is 1. The molecule has 2 rings (SSSR count). The third-order valence-corrected chi connectivity index (χ3v) is 2.83. The molecule has 0 saturated carbocycles. The van der Waals surface area contributed by atoms with Gasteiger partial charge >= 0.3 is 0 Å². The van der Waals surface area contributed by atoms with Crippen molar-refractivity contribution in [3.05, 3.63) is 30.1 Å². The zero-order chi connectivity index (χ0) is 12.1. The summed E-state index contributed by atoms with van der Waals surface area (Å²) in [5.41, 5.74) is 0.502. The van der Waals surface area contributed by atoms with E-state index in [0.29, 0.717) is 12.1 Å². The van der Waals surface area contributed by atoms with E-state index < -0.39 is 0 Å². The number of nitrogens with one attached hydrogen (secondary N) is 1. The largest absolute Gasteiger partial charge is 0.378 e. The number of hydrogen-bond acceptors (Lipinski definition) is 2. The lowest BCUT2D eigenvalue weighted by molar-refractivity contribution is -0.116. The Bertz CT molecular complexity index is 389. The standard InChI is InChI=1S/C13H16FNO2/c14-10-3-1-4-11(9-10)15-13(16)7-6-12-5-2-8-17-12/h1,3-4,9,12H,2,5-8H2,(H,15,16)/t12-/m1/s1. The zero-order valence-corrected chi connectivity index (χ0v) is 9.62. The van der Waals surface area contributed by atoms with Crippen LogP contribution in [0.4, 0.5) is 10.1 Å². The molecule has 1 N–H and O–H groups in total. The smallest absolute Gasteiger partial charge is 0.224 e. The SMILES string of the molecule is O=C(CC[C@H]1CCCO1)Nc1cccc(F)c1. The Morgan fingerprint density at radius 3 is 3.12 bits per heavy atom. The number of anilines is 1. The van der Waals surface area contributed by atoms with Crippen molar-refractivity contribution in [2.75, 3.05) is 11.9 Å². The van der Waals surface area contributed by atoms with E-state index in [1.54, 1.807) is 12.1 Å². The van der Waals surface area contributed by atoms with Crippen molar-refractivity contribution >= 4 is 11.6 Å². The maximum atomic E-state index is 12.9. The Kier molecular flexibility index (Phi) is 4.09. The van der Waals surface area contributed by atoms with Gasteiger partial charge in [-0.2, -0.15) is 0 Å². The van der Waals surface area contributed by atoms with Crippen LogP contribution < -0.4 is 5.32 Å². The summed E-state index contributed by atoms with van der Waals surface area (Å²) in [7, 11) is 0. The lowest BCUT2D eigenvalue weighted by Gasteiger charge is -2.09. The molecule has 0 aliphatic carbocycles. The summed E-state index contributed by atoms with van der Waals surface area (Å²) in [6.45, 7) is 0.802. The van der Waals surface area contributed by atoms with E-state index in [2.05, 4.69) is 5.32 Å². The van der Waals surface area contributed by atoms with Gasteiger partial charge in [0.1, 0.15) is 5.82 Å². The lowest BCUT2D eigenvalue weighted by Crippen LogP contribution is -2.15. The highest BCUT2D eigenvalue weighted by atomic mass is 19.1. The van der Waals surface area contributed by atoms with Gasteiger partial charge in [-0.1, -0.05) is 6.07 Å². The Morgan fingerprint density at radius 1 is 1.53 bits per heavy atom. The van der Waals surface area contributed by atoms with Gasteiger partial charge in [-0.3, -0.25) is 4.79 Å². The normalized spacial score (nSPS) is 19.2. The van der Waals surface area contributed by atoms with Crippen molar-refractivity contribution in [3.8, 4) is 0 Å². The predicted molar refractivity (Wildman–Crippen MR) is 63.2 cm³/mol. The molecule has 1 saturated heterocycles. The van der Waals surface area contributed by atoms with Gasteiger partial charge in [0, 0.05) is 18.7 Å². The highest BCUT2D eigenvalue weighted by molar-refractivity contribution is 5.90. The number of amides is 1. The summed E-state index contributed by atoms with van der Waals surface area (Å²) in [5.74, 6) is -0.437. The fourth-order valence-corrected chi connectivity index (χ4v) is 1.95. The van der Waals surface area contributed by atoms with Crippen LogP contribution in [0.15, 0.2) is 24.3 Å². The number of carbonyl (C=O) groups is 1. The molecule has 3 nitrogen and oxygen atoms in total. The Hall–Kier alpha value is -1.42. The van der Waals surface area contributed by atoms with Crippen molar-refractivity contribution in [2.45, 2.75) is 31.8 Å². The summed E-state index contributed by atoms with van der Waals surface area (Å²) in [4.78, 5) is 11.6. The second kappa shape index (κ2) is 5.77. The first-order chi connectivity index (χ1) is 8.24. The molecule has 1 aromatic carbocycles. The topological polar surface area (TPSA) is 38.3 Å². The van der Waals surface area contributed by atoms with E-state index in [9.17, 15) is 9.18 Å². The van der Waals surface area contributed by atoms with Crippen molar-refractivity contribution < 1.29 is 13.9 Å². The van der Waals surface area contributed by atoms with Crippen molar-refractivity contribution in [1.29, 1.82) is 0 Å². The Balaban J connectivity index is 1.76. The Labute approximate surface area is 100.0 Å². The maximum absolute atomic E-state index is 12.9. The van der Waals surface area contributed by atoms with E-state index in [1.165, 1.54) is 12.1 Å². The molecule has 4 heteroatoms. The fourth-order valence-electron chi connectivity index (χ4n) is 1.95. The number of carbonyl (C=O) groups excluding carboxylic acids is 1. The van der Waals surface area contributed by atoms with Crippen LogP contribution in [0.2, 0.25) is 0 Å². The summed E-state index contributed by atoms with van der Waals surface area (Å²) in [6.07, 6.45) is 3.49. The number of halogens is 1. The summed E-state index contributed by atoms with van der Waals surface area (Å²) in [6, 6.07) is 5.91. The van der Waals surface area contributed by atoms with Crippen molar-refractivity contribution in [2.24, 2.45) is 0 Å². The number of hydrogen-bond donors (Lipinski definition) is 1. The first-order valence-corrected chi connectivity index (χ1v) is 5.91. The van der Waals surface area contributed by atoms with Gasteiger partial charge in [-0.25, -0.2) is 4.39 Å². The Morgan fingerprint density at radius 2 is 2.41 bits per heavy atom. The quantitative estimate of drug-likeness (QED) is 0.874. The van der Waals surface area contributed by atoms with Gasteiger partial charge in [0.2, 0.25) is 5.91 Å². The third-order valence-electron chi connectivity index (χ3n) is 2.83. The van der Waals surface area contributed by atoms with E-state index in [4.69, 9.17) is 4.74 Å². The van der Waals surface area contributed by atoms with Crippen molar-refractivity contribution in [3.63, 3.8) is 0 Å². The first kappa shape index (κ1) is 12.0. The van der Waals surface area contributed by atoms with Crippen LogP contribution >= 0.6 is 0 Å². The van der Waals surface area contributed by atoms with Crippen LogP contribution in [-0.2, 0) is 9.53 Å². The second-order valence-corrected chi connectivity index (χ2v) is 4.23. The molecular formula is C13H16FNO2. The summed E-state index contributed by atoms with van der Waals surface area (Å²) >= 11 is 0. The van der Waals surface area contributed by atoms with E-state index in [0.717, 1.165) is 25.9 Å². The second-order valence-electron chi connectivity index (χ2n) is 4.23. The molecule has 1 atom stereocenters. The average molecular weight is 237 g/mol. The number of ether oxygens (including phenoxy) is 1. The van der Waals surface area contributed by atoms with Crippen LogP contribution in [0.3, 0.4) is 0 Å². The minimum atomic E-state index is -0.345. The van der Waals surface area contributed by atoms with Crippen LogP contribution in [0.5, 0.6) is 0 Å². The molecule has 1 fully saturated rings. The summed E-state index contributed by atoms with van der Waals surface area (Å²) in [5, 5.41) is 2.67. The van der Waals surface area contributed by atoms with Crippen LogP contribution in [-0.4, -0.2) is 18.6 Å². The minimum absolute atomic E-state index is 0.0916. The summed E-state index contributed by atoms with van der Waals surface area (Å²) < 4.78 is 18.3. The van der Waals surface area contributed by atoms with E-state index >= 15 is 0 Å². The third kappa shape index (κ3) is 3.82. The van der Waals surface area contributed by atoms with Crippen LogP contribution in [0, 0.1) is 5.82 Å². The predicted octanol–water partition coefficient (Wildman–Crippen LogP) is 2.72. The van der Waals surface area contributed by atoms with Gasteiger partial charge in [-0.15, -0.1) is 0 Å². The molecule has 0 radical (unpaired) electrons. The van der Waals surface area contributed by atoms with Gasteiger partial charge in [0.15, 0.2) is 0 Å². The molecule has 1 aliphatic rings. The van der Waals surface area contributed by atoms with Gasteiger partial charge in [0.25, 0.3) is 0 Å². The zero-order valence-electron chi connectivity index (χ0n) is 9.62. The van der Waals surface area contributed by atoms with Crippen LogP contribution in [0.25, 0.3) is 0 Å². The van der Waals surface area contributed by atoms with E-state index in [1.807, 2.05) is 0 Å². The van der Waals surface area contributed by atoms with Gasteiger partial charge < -0.3 is 10.1 Å². The molecule has 1 heterocycles. The molecule has 0 spiro atoms. The molecule has 92 valence electrons. The molecule has 1 aliphatic heterocycles. The molecule has 0 aromatic heterocycles. The molecular weight excluding hydrogens is 221 g/mol. The fraction of sp³-hybridized carbons (Fsp3) is 0.462. The molecule has 0 bridgehead atoms. The molecule has 0 unspecified atom stereocenters. The lowest BCUT2D eigenvalue weighted by atomic mass is 10.1. The maximum Gasteiger partial charge on any atom is 0.224 e. The van der Waals surface area contributed by atoms with Gasteiger partial charge in [-0.05, 0) is 37.5 Å². The van der Waals surface area contributed by atoms with Gasteiger partial charge in [0.05, 0.1) is 6.10 Å². The monoisotopic (exact) mass is 237 g/mol. The highest BCUT2D eigenvalue weighted by Gasteiger charge is 2.16.